The van der Waals surface area contributed by atoms with Gasteiger partial charge in [0.2, 0.25) is 5.91 Å². The number of benzene rings is 1. The summed E-state index contributed by atoms with van der Waals surface area (Å²) < 4.78 is 0. The van der Waals surface area contributed by atoms with Crippen molar-refractivity contribution in [3.05, 3.63) is 29.8 Å². The molecule has 0 saturated heterocycles. The van der Waals surface area contributed by atoms with Crippen LogP contribution < -0.4 is 10.6 Å². The van der Waals surface area contributed by atoms with Crippen LogP contribution in [0.25, 0.3) is 0 Å². The number of nitrogens with one attached hydrogen (secondary N) is 2. The van der Waals surface area contributed by atoms with Crippen LogP contribution in [0.3, 0.4) is 0 Å². The molecule has 0 aromatic heterocycles. The van der Waals surface area contributed by atoms with Gasteiger partial charge in [-0.05, 0) is 57.7 Å². The van der Waals surface area contributed by atoms with Crippen LogP contribution in [0.4, 0.5) is 5.69 Å². The first kappa shape index (κ1) is 14.1. The molecule has 1 aliphatic carbocycles. The van der Waals surface area contributed by atoms with Gasteiger partial charge in [0.1, 0.15) is 0 Å². The van der Waals surface area contributed by atoms with E-state index in [1.165, 1.54) is 18.4 Å². The average Bonchev–Trinajstić information content (AvgIpc) is 2.42. The summed E-state index contributed by atoms with van der Waals surface area (Å²) in [6.45, 7) is 2.05. The largest absolute Gasteiger partial charge is 0.326 e. The second-order valence-corrected chi connectivity index (χ2v) is 5.62. The van der Waals surface area contributed by atoms with E-state index in [0.29, 0.717) is 18.4 Å². The first-order chi connectivity index (χ1) is 9.17. The van der Waals surface area contributed by atoms with Crippen LogP contribution in [0.2, 0.25) is 0 Å². The maximum Gasteiger partial charge on any atom is 0.224 e. The van der Waals surface area contributed by atoms with E-state index in [1.807, 2.05) is 38.2 Å². The van der Waals surface area contributed by atoms with Crippen LogP contribution in [0.5, 0.6) is 0 Å². The third-order valence-corrected chi connectivity index (χ3v) is 4.06. The van der Waals surface area contributed by atoms with E-state index in [9.17, 15) is 4.79 Å². The third-order valence-electron chi connectivity index (χ3n) is 4.06. The Bertz CT molecular complexity index is 405. The van der Waals surface area contributed by atoms with E-state index in [0.717, 1.165) is 18.5 Å². The minimum absolute atomic E-state index is 0.150. The van der Waals surface area contributed by atoms with Gasteiger partial charge in [0.25, 0.3) is 0 Å². The van der Waals surface area contributed by atoms with Crippen molar-refractivity contribution >= 4 is 11.6 Å². The van der Waals surface area contributed by atoms with Crippen LogP contribution in [0.15, 0.2) is 24.3 Å². The lowest BCUT2D eigenvalue weighted by Crippen LogP contribution is -2.31. The standard InChI is InChI=1S/C16H24N2O/c1-12-3-7-15(8-4-12)18-16(19)11-13-5-9-14(17-2)10-6-13/h3-4,7-8,13-14,17H,5-6,9-11H2,1-2H3,(H,18,19). The lowest BCUT2D eigenvalue weighted by molar-refractivity contribution is -0.117. The minimum atomic E-state index is 0.150. The van der Waals surface area contributed by atoms with Crippen LogP contribution in [-0.4, -0.2) is 19.0 Å². The Labute approximate surface area is 115 Å². The van der Waals surface area contributed by atoms with Gasteiger partial charge in [0.05, 0.1) is 0 Å². The third kappa shape index (κ3) is 4.35. The van der Waals surface area contributed by atoms with Gasteiger partial charge in [-0.25, -0.2) is 0 Å². The van der Waals surface area contributed by atoms with Gasteiger partial charge in [-0.3, -0.25) is 4.79 Å². The summed E-state index contributed by atoms with van der Waals surface area (Å²) >= 11 is 0. The Morgan fingerprint density at radius 3 is 2.37 bits per heavy atom. The van der Waals surface area contributed by atoms with Gasteiger partial charge in [-0.2, -0.15) is 0 Å². The molecule has 1 aromatic carbocycles. The van der Waals surface area contributed by atoms with Crippen molar-refractivity contribution < 1.29 is 4.79 Å². The number of carbonyl (C=O) groups is 1. The number of aryl methyl sites for hydroxylation is 1. The average molecular weight is 260 g/mol. The molecule has 0 bridgehead atoms. The zero-order chi connectivity index (χ0) is 13.7. The molecule has 0 aliphatic heterocycles. The number of carbonyl (C=O) groups excluding carboxylic acids is 1. The van der Waals surface area contributed by atoms with Crippen molar-refractivity contribution in [2.45, 2.75) is 45.1 Å². The topological polar surface area (TPSA) is 41.1 Å². The van der Waals surface area contributed by atoms with Gasteiger partial charge in [0, 0.05) is 18.2 Å². The van der Waals surface area contributed by atoms with Crippen LogP contribution in [0, 0.1) is 12.8 Å². The molecule has 2 N–H and O–H groups in total. The van der Waals surface area contributed by atoms with Gasteiger partial charge >= 0.3 is 0 Å². The molecule has 0 radical (unpaired) electrons. The van der Waals surface area contributed by atoms with E-state index in [4.69, 9.17) is 0 Å². The predicted molar refractivity (Wildman–Crippen MR) is 79.2 cm³/mol. The molecule has 1 aliphatic rings. The van der Waals surface area contributed by atoms with Crippen molar-refractivity contribution in [3.63, 3.8) is 0 Å². The molecule has 104 valence electrons. The van der Waals surface area contributed by atoms with Crippen molar-refractivity contribution in [3.8, 4) is 0 Å². The van der Waals surface area contributed by atoms with Crippen molar-refractivity contribution in [1.82, 2.24) is 5.32 Å². The number of rotatable bonds is 4. The molecule has 0 atom stereocenters. The number of anilines is 1. The molecule has 3 nitrogen and oxygen atoms in total. The quantitative estimate of drug-likeness (QED) is 0.873. The summed E-state index contributed by atoms with van der Waals surface area (Å²) in [4.78, 5) is 12.0. The van der Waals surface area contributed by atoms with E-state index in [1.54, 1.807) is 0 Å². The Kier molecular flexibility index (Phi) is 4.97. The molecule has 1 fully saturated rings. The molecular weight excluding hydrogens is 236 g/mol. The highest BCUT2D eigenvalue weighted by Gasteiger charge is 2.21. The van der Waals surface area contributed by atoms with Crippen LogP contribution >= 0.6 is 0 Å². The fourth-order valence-corrected chi connectivity index (χ4v) is 2.77. The highest BCUT2D eigenvalue weighted by Crippen LogP contribution is 2.27. The highest BCUT2D eigenvalue weighted by molar-refractivity contribution is 5.90. The van der Waals surface area contributed by atoms with E-state index < -0.39 is 0 Å². The smallest absolute Gasteiger partial charge is 0.224 e. The summed E-state index contributed by atoms with van der Waals surface area (Å²) in [5.41, 5.74) is 2.11. The molecule has 1 amide bonds. The van der Waals surface area contributed by atoms with E-state index in [-0.39, 0.29) is 5.91 Å². The van der Waals surface area contributed by atoms with Crippen molar-refractivity contribution in [2.75, 3.05) is 12.4 Å². The highest BCUT2D eigenvalue weighted by atomic mass is 16.1. The molecule has 1 saturated carbocycles. The summed E-state index contributed by atoms with van der Waals surface area (Å²) in [7, 11) is 2.02. The Hall–Kier alpha value is -1.35. The first-order valence-corrected chi connectivity index (χ1v) is 7.21. The number of amides is 1. The summed E-state index contributed by atoms with van der Waals surface area (Å²) in [6, 6.07) is 8.62. The first-order valence-electron chi connectivity index (χ1n) is 7.21. The Morgan fingerprint density at radius 1 is 1.16 bits per heavy atom. The van der Waals surface area contributed by atoms with Crippen LogP contribution in [-0.2, 0) is 4.79 Å². The number of hydrogen-bond donors (Lipinski definition) is 2. The summed E-state index contributed by atoms with van der Waals surface area (Å²) in [5.74, 6) is 0.701. The summed E-state index contributed by atoms with van der Waals surface area (Å²) in [5, 5.41) is 6.31. The molecule has 0 unspecified atom stereocenters. The van der Waals surface area contributed by atoms with Crippen molar-refractivity contribution in [2.24, 2.45) is 5.92 Å². The molecule has 1 aromatic rings. The molecule has 0 heterocycles. The van der Waals surface area contributed by atoms with Crippen LogP contribution in [0.1, 0.15) is 37.7 Å². The predicted octanol–water partition coefficient (Wildman–Crippen LogP) is 3.10. The van der Waals surface area contributed by atoms with Gasteiger partial charge in [-0.1, -0.05) is 17.7 Å². The molecule has 0 spiro atoms. The van der Waals surface area contributed by atoms with Gasteiger partial charge in [-0.15, -0.1) is 0 Å². The fourth-order valence-electron chi connectivity index (χ4n) is 2.77. The number of hydrogen-bond acceptors (Lipinski definition) is 2. The van der Waals surface area contributed by atoms with E-state index >= 15 is 0 Å². The zero-order valence-electron chi connectivity index (χ0n) is 11.9. The molecule has 3 heteroatoms. The Balaban J connectivity index is 1.77. The lowest BCUT2D eigenvalue weighted by Gasteiger charge is -2.27. The minimum Gasteiger partial charge on any atom is -0.326 e. The van der Waals surface area contributed by atoms with Gasteiger partial charge < -0.3 is 10.6 Å². The normalized spacial score (nSPS) is 23.1. The molecular formula is C16H24N2O. The Morgan fingerprint density at radius 2 is 1.79 bits per heavy atom. The maximum atomic E-state index is 12.0. The lowest BCUT2D eigenvalue weighted by atomic mass is 9.84. The summed E-state index contributed by atoms with van der Waals surface area (Å²) in [6.07, 6.45) is 5.36. The zero-order valence-corrected chi connectivity index (χ0v) is 11.9. The molecule has 2 rings (SSSR count). The van der Waals surface area contributed by atoms with E-state index in [2.05, 4.69) is 10.6 Å². The van der Waals surface area contributed by atoms with Crippen molar-refractivity contribution in [1.29, 1.82) is 0 Å². The SMILES string of the molecule is CNC1CCC(CC(=O)Nc2ccc(C)cc2)CC1. The second kappa shape index (κ2) is 6.71. The van der Waals surface area contributed by atoms with Gasteiger partial charge in [0.15, 0.2) is 0 Å². The monoisotopic (exact) mass is 260 g/mol. The second-order valence-electron chi connectivity index (χ2n) is 5.62. The molecule has 19 heavy (non-hydrogen) atoms. The maximum absolute atomic E-state index is 12.0. The fraction of sp³-hybridized carbons (Fsp3) is 0.562.